The first-order chi connectivity index (χ1) is 10.9. The lowest BCUT2D eigenvalue weighted by Crippen LogP contribution is -2.42. The first kappa shape index (κ1) is 19.3. The van der Waals surface area contributed by atoms with E-state index in [1.54, 1.807) is 0 Å². The number of hydrogen-bond donors (Lipinski definition) is 3. The number of urea groups is 1. The second-order valence-electron chi connectivity index (χ2n) is 5.53. The molecule has 3 N–H and O–H groups in total. The quantitative estimate of drug-likeness (QED) is 0.684. The molecule has 0 saturated carbocycles. The van der Waals surface area contributed by atoms with Crippen LogP contribution in [-0.4, -0.2) is 48.8 Å². The Bertz CT molecular complexity index is 494. The van der Waals surface area contributed by atoms with Crippen molar-refractivity contribution in [1.29, 1.82) is 0 Å². The molecule has 0 bridgehead atoms. The van der Waals surface area contributed by atoms with E-state index in [1.807, 2.05) is 7.05 Å². The first-order valence-corrected chi connectivity index (χ1v) is 7.70. The summed E-state index contributed by atoms with van der Waals surface area (Å²) in [5.74, 6) is -1.68. The van der Waals surface area contributed by atoms with Gasteiger partial charge in [0.25, 0.3) is 0 Å². The van der Waals surface area contributed by atoms with E-state index in [9.17, 15) is 18.7 Å². The van der Waals surface area contributed by atoms with Crippen molar-refractivity contribution < 1.29 is 18.7 Å². The minimum atomic E-state index is -1.44. The minimum Gasteiger partial charge on any atom is -0.386 e. The Hall–Kier alpha value is -1.73. The number of carbonyl (C=O) groups excluding carboxylic acids is 1. The summed E-state index contributed by atoms with van der Waals surface area (Å²) in [6, 6.07) is 3.28. The number of nitrogens with one attached hydrogen (secondary N) is 2. The van der Waals surface area contributed by atoms with Gasteiger partial charge in [0.05, 0.1) is 5.56 Å². The van der Waals surface area contributed by atoms with Crippen molar-refractivity contribution in [3.8, 4) is 0 Å². The third-order valence-electron chi connectivity index (χ3n) is 3.88. The monoisotopic (exact) mass is 329 g/mol. The van der Waals surface area contributed by atoms with Gasteiger partial charge < -0.3 is 20.6 Å². The number of hydrogen-bond acceptors (Lipinski definition) is 3. The lowest BCUT2D eigenvalue weighted by Gasteiger charge is -2.23. The molecule has 1 rings (SSSR count). The van der Waals surface area contributed by atoms with Crippen LogP contribution in [0.25, 0.3) is 0 Å². The smallest absolute Gasteiger partial charge is 0.314 e. The zero-order chi connectivity index (χ0) is 17.4. The molecule has 0 spiro atoms. The van der Waals surface area contributed by atoms with E-state index in [0.717, 1.165) is 18.6 Å². The summed E-state index contributed by atoms with van der Waals surface area (Å²) in [5.41, 5.74) is -0.440. The number of aliphatic hydroxyl groups excluding tert-OH is 1. The molecule has 0 radical (unpaired) electrons. The lowest BCUT2D eigenvalue weighted by atomic mass is 10.1. The van der Waals surface area contributed by atoms with Crippen LogP contribution in [0.2, 0.25) is 0 Å². The van der Waals surface area contributed by atoms with Gasteiger partial charge in [-0.15, -0.1) is 0 Å². The molecule has 2 amide bonds. The summed E-state index contributed by atoms with van der Waals surface area (Å²) in [6.45, 7) is 5.04. The molecule has 0 fully saturated rings. The van der Waals surface area contributed by atoms with Gasteiger partial charge in [-0.3, -0.25) is 0 Å². The van der Waals surface area contributed by atoms with Gasteiger partial charge in [0.15, 0.2) is 0 Å². The molecule has 0 aliphatic carbocycles. The number of benzene rings is 1. The van der Waals surface area contributed by atoms with Crippen molar-refractivity contribution in [2.24, 2.45) is 0 Å². The molecular weight excluding hydrogens is 304 g/mol. The number of amides is 2. The van der Waals surface area contributed by atoms with Crippen LogP contribution >= 0.6 is 0 Å². The fraction of sp³-hybridized carbons (Fsp3) is 0.562. The number of likely N-dealkylation sites (N-methyl/N-ethyl adjacent to an activating group) is 1. The van der Waals surface area contributed by atoms with Gasteiger partial charge in [-0.25, -0.2) is 13.6 Å². The van der Waals surface area contributed by atoms with E-state index >= 15 is 0 Å². The van der Waals surface area contributed by atoms with Crippen molar-refractivity contribution in [1.82, 2.24) is 15.5 Å². The minimum absolute atomic E-state index is 0.273. The molecule has 1 aromatic rings. The van der Waals surface area contributed by atoms with Crippen LogP contribution in [0.5, 0.6) is 0 Å². The van der Waals surface area contributed by atoms with E-state index in [0.29, 0.717) is 19.1 Å². The molecule has 0 saturated heterocycles. The van der Waals surface area contributed by atoms with Gasteiger partial charge >= 0.3 is 6.03 Å². The molecule has 23 heavy (non-hydrogen) atoms. The van der Waals surface area contributed by atoms with Crippen LogP contribution in [0.3, 0.4) is 0 Å². The van der Waals surface area contributed by atoms with Gasteiger partial charge in [0, 0.05) is 25.7 Å². The lowest BCUT2D eigenvalue weighted by molar-refractivity contribution is 0.164. The summed E-state index contributed by atoms with van der Waals surface area (Å²) in [4.78, 5) is 13.7. The number of carbonyl (C=O) groups is 1. The Kier molecular flexibility index (Phi) is 7.91. The second kappa shape index (κ2) is 9.42. The third kappa shape index (κ3) is 6.11. The van der Waals surface area contributed by atoms with Crippen molar-refractivity contribution in [2.75, 3.05) is 26.7 Å². The summed E-state index contributed by atoms with van der Waals surface area (Å²) in [7, 11) is 1.97. The van der Waals surface area contributed by atoms with Gasteiger partial charge in [-0.2, -0.15) is 0 Å². The number of nitrogens with zero attached hydrogens (tertiary/aromatic N) is 1. The topological polar surface area (TPSA) is 64.6 Å². The Morgan fingerprint density at radius 2 is 1.91 bits per heavy atom. The van der Waals surface area contributed by atoms with Crippen molar-refractivity contribution in [3.05, 3.63) is 35.4 Å². The molecule has 130 valence electrons. The fourth-order valence-electron chi connectivity index (χ4n) is 2.06. The number of aliphatic hydroxyl groups is 1. The van der Waals surface area contributed by atoms with E-state index in [2.05, 4.69) is 29.4 Å². The summed E-state index contributed by atoms with van der Waals surface area (Å²) in [5, 5.41) is 14.9. The molecule has 0 aliphatic rings. The van der Waals surface area contributed by atoms with E-state index in [1.165, 1.54) is 6.07 Å². The maximum absolute atomic E-state index is 13.5. The third-order valence-corrected chi connectivity index (χ3v) is 3.88. The highest BCUT2D eigenvalue weighted by molar-refractivity contribution is 5.73. The molecule has 0 aromatic heterocycles. The predicted octanol–water partition coefficient (Wildman–Crippen LogP) is 2.03. The average molecular weight is 329 g/mol. The van der Waals surface area contributed by atoms with Gasteiger partial charge in [-0.1, -0.05) is 13.0 Å². The summed E-state index contributed by atoms with van der Waals surface area (Å²) < 4.78 is 27.0. The molecule has 1 aromatic carbocycles. The molecular formula is C16H25F2N3O2. The van der Waals surface area contributed by atoms with Crippen molar-refractivity contribution in [2.45, 2.75) is 32.4 Å². The zero-order valence-corrected chi connectivity index (χ0v) is 13.8. The maximum atomic E-state index is 13.5. The van der Waals surface area contributed by atoms with Crippen LogP contribution in [0.4, 0.5) is 13.6 Å². The summed E-state index contributed by atoms with van der Waals surface area (Å²) >= 11 is 0. The van der Waals surface area contributed by atoms with Gasteiger partial charge in [-0.05, 0) is 32.5 Å². The Morgan fingerprint density at radius 3 is 2.48 bits per heavy atom. The molecule has 0 heterocycles. The SMILES string of the molecule is CCC(C)N(C)CCNC(=O)NCC(O)c1c(F)cccc1F. The normalized spacial score (nSPS) is 13.7. The second-order valence-corrected chi connectivity index (χ2v) is 5.53. The first-order valence-electron chi connectivity index (χ1n) is 7.70. The summed E-state index contributed by atoms with van der Waals surface area (Å²) in [6.07, 6.45) is -0.423. The molecule has 0 aliphatic heterocycles. The van der Waals surface area contributed by atoms with Crippen molar-refractivity contribution >= 4 is 6.03 Å². The van der Waals surface area contributed by atoms with Gasteiger partial charge in [0.2, 0.25) is 0 Å². The predicted molar refractivity (Wildman–Crippen MR) is 85.1 cm³/mol. The Morgan fingerprint density at radius 1 is 1.30 bits per heavy atom. The largest absolute Gasteiger partial charge is 0.386 e. The van der Waals surface area contributed by atoms with Crippen LogP contribution < -0.4 is 10.6 Å². The van der Waals surface area contributed by atoms with E-state index in [-0.39, 0.29) is 6.54 Å². The zero-order valence-electron chi connectivity index (χ0n) is 13.8. The highest BCUT2D eigenvalue weighted by atomic mass is 19.1. The molecule has 5 nitrogen and oxygen atoms in total. The Labute approximate surface area is 135 Å². The van der Waals surface area contributed by atoms with Gasteiger partial charge in [0.1, 0.15) is 17.7 Å². The fourth-order valence-corrected chi connectivity index (χ4v) is 2.06. The van der Waals surface area contributed by atoms with Crippen LogP contribution in [0.1, 0.15) is 31.9 Å². The molecule has 2 atom stereocenters. The molecule has 2 unspecified atom stereocenters. The van der Waals surface area contributed by atoms with E-state index in [4.69, 9.17) is 0 Å². The Balaban J connectivity index is 2.36. The van der Waals surface area contributed by atoms with Crippen LogP contribution in [0.15, 0.2) is 18.2 Å². The highest BCUT2D eigenvalue weighted by Gasteiger charge is 2.18. The van der Waals surface area contributed by atoms with Crippen LogP contribution in [-0.2, 0) is 0 Å². The average Bonchev–Trinajstić information content (AvgIpc) is 2.51. The number of halogens is 2. The standard InChI is InChI=1S/C16H25F2N3O2/c1-4-11(2)21(3)9-8-19-16(23)20-10-14(22)15-12(17)6-5-7-13(15)18/h5-7,11,14,22H,4,8-10H2,1-3H3,(H2,19,20,23). The number of rotatable bonds is 8. The highest BCUT2D eigenvalue weighted by Crippen LogP contribution is 2.19. The van der Waals surface area contributed by atoms with Crippen LogP contribution in [0, 0.1) is 11.6 Å². The molecule has 7 heteroatoms. The van der Waals surface area contributed by atoms with Crippen molar-refractivity contribution in [3.63, 3.8) is 0 Å². The maximum Gasteiger partial charge on any atom is 0.314 e. The van der Waals surface area contributed by atoms with E-state index < -0.39 is 29.3 Å².